The molecule has 0 saturated carbocycles. The minimum absolute atomic E-state index is 0.108. The summed E-state index contributed by atoms with van der Waals surface area (Å²) in [6, 6.07) is 5.15. The first-order valence-corrected chi connectivity index (χ1v) is 7.79. The van der Waals surface area contributed by atoms with Gasteiger partial charge in [-0.25, -0.2) is 0 Å². The van der Waals surface area contributed by atoms with Crippen LogP contribution in [0.1, 0.15) is 20.3 Å². The van der Waals surface area contributed by atoms with Gasteiger partial charge in [0.25, 0.3) is 0 Å². The van der Waals surface area contributed by atoms with Crippen LogP contribution in [0.3, 0.4) is 0 Å². The first kappa shape index (κ1) is 16.8. The molecule has 21 heavy (non-hydrogen) atoms. The lowest BCUT2D eigenvalue weighted by atomic mass is 9.94. The van der Waals surface area contributed by atoms with Crippen LogP contribution in [0.15, 0.2) is 18.2 Å². The maximum atomic E-state index is 10.0. The number of aliphatic hydroxyl groups is 1. The second-order valence-corrected chi connectivity index (χ2v) is 6.39. The number of halogens is 2. The lowest BCUT2D eigenvalue weighted by molar-refractivity contribution is 0.0687. The number of nitrogens with one attached hydrogen (secondary N) is 1. The van der Waals surface area contributed by atoms with Crippen molar-refractivity contribution >= 4 is 23.2 Å². The molecule has 0 bridgehead atoms. The summed E-state index contributed by atoms with van der Waals surface area (Å²) in [7, 11) is 0. The Morgan fingerprint density at radius 2 is 2.14 bits per heavy atom. The summed E-state index contributed by atoms with van der Waals surface area (Å²) < 4.78 is 11.1. The summed E-state index contributed by atoms with van der Waals surface area (Å²) in [4.78, 5) is 0. The SMILES string of the molecule is CC1OCCC1(C)NCC(O)COc1c(Cl)cccc1Cl. The average Bonchev–Trinajstić information content (AvgIpc) is 2.76. The molecule has 118 valence electrons. The van der Waals surface area contributed by atoms with Crippen molar-refractivity contribution in [1.82, 2.24) is 5.32 Å². The van der Waals surface area contributed by atoms with Crippen LogP contribution in [0, 0.1) is 0 Å². The predicted octanol–water partition coefficient (Wildman–Crippen LogP) is 2.89. The summed E-state index contributed by atoms with van der Waals surface area (Å²) in [5, 5.41) is 14.3. The van der Waals surface area contributed by atoms with Crippen LogP contribution in [0.5, 0.6) is 5.75 Å². The van der Waals surface area contributed by atoms with Crippen molar-refractivity contribution in [2.24, 2.45) is 0 Å². The highest BCUT2D eigenvalue weighted by Crippen LogP contribution is 2.32. The van der Waals surface area contributed by atoms with Crippen LogP contribution in [0.25, 0.3) is 0 Å². The minimum Gasteiger partial charge on any atom is -0.488 e. The minimum atomic E-state index is -0.651. The molecule has 1 aromatic carbocycles. The Bertz CT molecular complexity index is 466. The van der Waals surface area contributed by atoms with E-state index < -0.39 is 6.10 Å². The topological polar surface area (TPSA) is 50.7 Å². The van der Waals surface area contributed by atoms with Crippen LogP contribution in [-0.4, -0.2) is 42.6 Å². The van der Waals surface area contributed by atoms with Crippen LogP contribution >= 0.6 is 23.2 Å². The normalized spacial score (nSPS) is 26.8. The molecule has 1 aromatic rings. The summed E-state index contributed by atoms with van der Waals surface area (Å²) >= 11 is 12.0. The van der Waals surface area contributed by atoms with Crippen molar-refractivity contribution in [2.45, 2.75) is 38.0 Å². The Hall–Kier alpha value is -0.520. The first-order chi connectivity index (χ1) is 9.92. The van der Waals surface area contributed by atoms with Crippen molar-refractivity contribution in [1.29, 1.82) is 0 Å². The highest BCUT2D eigenvalue weighted by Gasteiger charge is 2.36. The first-order valence-electron chi connectivity index (χ1n) is 7.04. The Kier molecular flexibility index (Phi) is 5.74. The third-order valence-electron chi connectivity index (χ3n) is 3.97. The summed E-state index contributed by atoms with van der Waals surface area (Å²) in [6.07, 6.45) is 0.406. The Morgan fingerprint density at radius 3 is 2.71 bits per heavy atom. The Morgan fingerprint density at radius 1 is 1.48 bits per heavy atom. The fourth-order valence-corrected chi connectivity index (χ4v) is 2.78. The number of hydrogen-bond donors (Lipinski definition) is 2. The maximum Gasteiger partial charge on any atom is 0.156 e. The van der Waals surface area contributed by atoms with Gasteiger partial charge in [-0.3, -0.25) is 0 Å². The molecule has 4 nitrogen and oxygen atoms in total. The molecule has 6 heteroatoms. The third kappa shape index (κ3) is 4.24. The number of hydrogen-bond acceptors (Lipinski definition) is 4. The predicted molar refractivity (Wildman–Crippen MR) is 84.4 cm³/mol. The maximum absolute atomic E-state index is 10.0. The van der Waals surface area contributed by atoms with Crippen LogP contribution in [0.4, 0.5) is 0 Å². The monoisotopic (exact) mass is 333 g/mol. The third-order valence-corrected chi connectivity index (χ3v) is 4.56. The Balaban J connectivity index is 1.81. The standard InChI is InChI=1S/C15H21Cl2NO3/c1-10-15(2,6-7-20-10)18-8-11(19)9-21-14-12(16)4-3-5-13(14)17/h3-5,10-11,18-19H,6-9H2,1-2H3. The molecule has 0 aliphatic carbocycles. The van der Waals surface area contributed by atoms with Gasteiger partial charge in [-0.05, 0) is 32.4 Å². The molecule has 0 amide bonds. The van der Waals surface area contributed by atoms with E-state index >= 15 is 0 Å². The molecule has 1 aliphatic rings. The number of rotatable bonds is 6. The van der Waals surface area contributed by atoms with Crippen molar-refractivity contribution in [2.75, 3.05) is 19.8 Å². The molecule has 2 N–H and O–H groups in total. The fourth-order valence-electron chi connectivity index (χ4n) is 2.28. The van der Waals surface area contributed by atoms with Crippen LogP contribution in [-0.2, 0) is 4.74 Å². The van der Waals surface area contributed by atoms with Gasteiger partial charge in [0.15, 0.2) is 5.75 Å². The number of β-amino-alcohol motifs (C(OH)–C–C–N with tert-alkyl or cyclic N) is 1. The molecule has 1 saturated heterocycles. The van der Waals surface area contributed by atoms with E-state index in [1.54, 1.807) is 18.2 Å². The molecular weight excluding hydrogens is 313 g/mol. The molecular formula is C15H21Cl2NO3. The van der Waals surface area contributed by atoms with Gasteiger partial charge >= 0.3 is 0 Å². The zero-order valence-electron chi connectivity index (χ0n) is 12.2. The zero-order chi connectivity index (χ0) is 15.5. The average molecular weight is 334 g/mol. The molecule has 1 heterocycles. The van der Waals surface area contributed by atoms with E-state index in [0.29, 0.717) is 22.3 Å². The molecule has 3 atom stereocenters. The molecule has 0 radical (unpaired) electrons. The smallest absolute Gasteiger partial charge is 0.156 e. The van der Waals surface area contributed by atoms with E-state index in [1.807, 2.05) is 6.92 Å². The number of para-hydroxylation sites is 1. The van der Waals surface area contributed by atoms with Gasteiger partial charge in [0, 0.05) is 18.7 Å². The zero-order valence-corrected chi connectivity index (χ0v) is 13.7. The highest BCUT2D eigenvalue weighted by atomic mass is 35.5. The van der Waals surface area contributed by atoms with Gasteiger partial charge in [-0.1, -0.05) is 29.3 Å². The van der Waals surface area contributed by atoms with E-state index in [4.69, 9.17) is 32.7 Å². The molecule has 0 spiro atoms. The molecule has 1 fully saturated rings. The van der Waals surface area contributed by atoms with E-state index in [9.17, 15) is 5.11 Å². The molecule has 0 aromatic heterocycles. The van der Waals surface area contributed by atoms with E-state index in [0.717, 1.165) is 13.0 Å². The van der Waals surface area contributed by atoms with Gasteiger partial charge in [-0.15, -0.1) is 0 Å². The second kappa shape index (κ2) is 7.16. The number of aliphatic hydroxyl groups excluding tert-OH is 1. The number of benzene rings is 1. The van der Waals surface area contributed by atoms with Gasteiger partial charge < -0.3 is 19.9 Å². The summed E-state index contributed by atoms with van der Waals surface area (Å²) in [6.45, 7) is 5.43. The van der Waals surface area contributed by atoms with Gasteiger partial charge in [-0.2, -0.15) is 0 Å². The lowest BCUT2D eigenvalue weighted by Gasteiger charge is -2.30. The van der Waals surface area contributed by atoms with E-state index in [2.05, 4.69) is 12.2 Å². The fraction of sp³-hybridized carbons (Fsp3) is 0.600. The number of ether oxygens (including phenoxy) is 2. The van der Waals surface area contributed by atoms with Gasteiger partial charge in [0.05, 0.1) is 16.1 Å². The van der Waals surface area contributed by atoms with E-state index in [-0.39, 0.29) is 18.2 Å². The van der Waals surface area contributed by atoms with Crippen molar-refractivity contribution in [3.8, 4) is 5.75 Å². The molecule has 1 aliphatic heterocycles. The van der Waals surface area contributed by atoms with Crippen LogP contribution < -0.4 is 10.1 Å². The molecule has 3 unspecified atom stereocenters. The van der Waals surface area contributed by atoms with Crippen molar-refractivity contribution in [3.05, 3.63) is 28.2 Å². The quantitative estimate of drug-likeness (QED) is 0.840. The van der Waals surface area contributed by atoms with Crippen molar-refractivity contribution < 1.29 is 14.6 Å². The largest absolute Gasteiger partial charge is 0.488 e. The molecule has 2 rings (SSSR count). The second-order valence-electron chi connectivity index (χ2n) is 5.58. The van der Waals surface area contributed by atoms with Crippen LogP contribution in [0.2, 0.25) is 10.0 Å². The highest BCUT2D eigenvalue weighted by molar-refractivity contribution is 6.37. The van der Waals surface area contributed by atoms with E-state index in [1.165, 1.54) is 0 Å². The van der Waals surface area contributed by atoms with Gasteiger partial charge in [0.1, 0.15) is 12.7 Å². The lowest BCUT2D eigenvalue weighted by Crippen LogP contribution is -2.51. The Labute approximate surface area is 135 Å². The van der Waals surface area contributed by atoms with Crippen molar-refractivity contribution in [3.63, 3.8) is 0 Å². The van der Waals surface area contributed by atoms with Gasteiger partial charge in [0.2, 0.25) is 0 Å². The summed E-state index contributed by atoms with van der Waals surface area (Å²) in [5.74, 6) is 0.406. The summed E-state index contributed by atoms with van der Waals surface area (Å²) in [5.41, 5.74) is -0.108.